The molecule has 0 saturated heterocycles. The van der Waals surface area contributed by atoms with E-state index in [-0.39, 0.29) is 5.97 Å². The molecule has 0 amide bonds. The molecule has 0 aliphatic rings. The molecule has 1 heterocycles. The van der Waals surface area contributed by atoms with E-state index in [0.29, 0.717) is 11.6 Å². The Balaban J connectivity index is 2.25. The summed E-state index contributed by atoms with van der Waals surface area (Å²) < 4.78 is 5.10. The van der Waals surface area contributed by atoms with E-state index in [2.05, 4.69) is 10.3 Å². The van der Waals surface area contributed by atoms with Crippen molar-refractivity contribution >= 4 is 23.3 Å². The van der Waals surface area contributed by atoms with Crippen LogP contribution in [0.25, 0.3) is 0 Å². The minimum Gasteiger partial charge on any atom is -0.464 e. The van der Waals surface area contributed by atoms with Gasteiger partial charge in [0.1, 0.15) is 0 Å². The summed E-state index contributed by atoms with van der Waals surface area (Å²) in [5.41, 5.74) is 1.49. The van der Waals surface area contributed by atoms with E-state index in [1.807, 2.05) is 18.2 Å². The molecule has 0 aliphatic heterocycles. The molecular weight excluding hydrogens is 276 g/mol. The highest BCUT2D eigenvalue weighted by molar-refractivity contribution is 6.30. The Morgan fingerprint density at radius 1 is 1.40 bits per heavy atom. The van der Waals surface area contributed by atoms with E-state index in [0.717, 1.165) is 11.3 Å². The predicted molar refractivity (Wildman–Crippen MR) is 78.7 cm³/mol. The molecule has 0 spiro atoms. The first kappa shape index (κ1) is 14.3. The number of anilines is 1. The van der Waals surface area contributed by atoms with Crippen molar-refractivity contribution in [3.05, 3.63) is 59.4 Å². The number of aromatic nitrogens is 1. The maximum atomic E-state index is 12.1. The van der Waals surface area contributed by atoms with Gasteiger partial charge in [-0.2, -0.15) is 0 Å². The smallest absolute Gasteiger partial charge is 0.333 e. The summed E-state index contributed by atoms with van der Waals surface area (Å²) in [4.78, 5) is 16.1. The number of pyridine rings is 1. The number of hydrogen-bond acceptors (Lipinski definition) is 4. The number of carbonyl (C=O) groups excluding carboxylic acids is 1. The molecule has 0 radical (unpaired) electrons. The first-order chi connectivity index (χ1) is 9.70. The SMILES string of the molecule is CCOC(=O)C(Nc1cccc(Cl)c1)c1cccnc1. The highest BCUT2D eigenvalue weighted by atomic mass is 35.5. The highest BCUT2D eigenvalue weighted by Gasteiger charge is 2.22. The van der Waals surface area contributed by atoms with Gasteiger partial charge in [0, 0.05) is 28.7 Å². The van der Waals surface area contributed by atoms with Gasteiger partial charge in [-0.05, 0) is 31.2 Å². The summed E-state index contributed by atoms with van der Waals surface area (Å²) in [7, 11) is 0. The molecule has 0 fully saturated rings. The van der Waals surface area contributed by atoms with E-state index >= 15 is 0 Å². The summed E-state index contributed by atoms with van der Waals surface area (Å²) in [6.07, 6.45) is 3.30. The largest absolute Gasteiger partial charge is 0.464 e. The molecule has 2 rings (SSSR count). The Labute approximate surface area is 122 Å². The average molecular weight is 291 g/mol. The van der Waals surface area contributed by atoms with Crippen molar-refractivity contribution in [1.82, 2.24) is 4.98 Å². The van der Waals surface area contributed by atoms with Gasteiger partial charge in [-0.1, -0.05) is 23.7 Å². The topological polar surface area (TPSA) is 51.2 Å². The molecule has 0 bridgehead atoms. The van der Waals surface area contributed by atoms with Crippen molar-refractivity contribution in [2.45, 2.75) is 13.0 Å². The van der Waals surface area contributed by atoms with Gasteiger partial charge in [0.25, 0.3) is 0 Å². The normalized spacial score (nSPS) is 11.7. The van der Waals surface area contributed by atoms with Gasteiger partial charge in [-0.15, -0.1) is 0 Å². The molecule has 5 heteroatoms. The van der Waals surface area contributed by atoms with E-state index in [1.54, 1.807) is 37.5 Å². The zero-order chi connectivity index (χ0) is 14.4. The Morgan fingerprint density at radius 2 is 2.25 bits per heavy atom. The van der Waals surface area contributed by atoms with Crippen LogP contribution in [-0.4, -0.2) is 17.6 Å². The van der Waals surface area contributed by atoms with Crippen LogP contribution in [0, 0.1) is 0 Å². The van der Waals surface area contributed by atoms with Crippen LogP contribution < -0.4 is 5.32 Å². The first-order valence-corrected chi connectivity index (χ1v) is 6.67. The van der Waals surface area contributed by atoms with Gasteiger partial charge in [0.2, 0.25) is 0 Å². The van der Waals surface area contributed by atoms with Crippen LogP contribution in [-0.2, 0) is 9.53 Å². The number of benzene rings is 1. The first-order valence-electron chi connectivity index (χ1n) is 6.29. The van der Waals surface area contributed by atoms with Gasteiger partial charge < -0.3 is 10.1 Å². The second-order valence-corrected chi connectivity index (χ2v) is 4.56. The predicted octanol–water partition coefficient (Wildman–Crippen LogP) is 3.45. The second-order valence-electron chi connectivity index (χ2n) is 4.13. The zero-order valence-electron chi connectivity index (χ0n) is 11.0. The zero-order valence-corrected chi connectivity index (χ0v) is 11.8. The molecule has 1 aromatic carbocycles. The summed E-state index contributed by atoms with van der Waals surface area (Å²) >= 11 is 5.95. The lowest BCUT2D eigenvalue weighted by atomic mass is 10.1. The molecule has 4 nitrogen and oxygen atoms in total. The summed E-state index contributed by atoms with van der Waals surface area (Å²) in [5, 5.41) is 3.72. The minimum absolute atomic E-state index is 0.326. The molecule has 0 saturated carbocycles. The number of ether oxygens (including phenoxy) is 1. The van der Waals surface area contributed by atoms with Crippen LogP contribution in [0.4, 0.5) is 5.69 Å². The molecule has 20 heavy (non-hydrogen) atoms. The van der Waals surface area contributed by atoms with Crippen LogP contribution >= 0.6 is 11.6 Å². The molecule has 1 unspecified atom stereocenters. The van der Waals surface area contributed by atoms with Crippen LogP contribution in [0.1, 0.15) is 18.5 Å². The van der Waals surface area contributed by atoms with Crippen LogP contribution in [0.5, 0.6) is 0 Å². The van der Waals surface area contributed by atoms with E-state index < -0.39 is 6.04 Å². The van der Waals surface area contributed by atoms with Gasteiger partial charge in [-0.25, -0.2) is 4.79 Å². The van der Waals surface area contributed by atoms with Gasteiger partial charge >= 0.3 is 5.97 Å². The Kier molecular flexibility index (Phi) is 4.96. The third kappa shape index (κ3) is 3.71. The standard InChI is InChI=1S/C15H15ClN2O2/c1-2-20-15(19)14(11-5-4-8-17-10-11)18-13-7-3-6-12(16)9-13/h3-10,14,18H,2H2,1H3. The third-order valence-electron chi connectivity index (χ3n) is 2.68. The van der Waals surface area contributed by atoms with Crippen molar-refractivity contribution in [1.29, 1.82) is 0 Å². The summed E-state index contributed by atoms with van der Waals surface area (Å²) in [5.74, 6) is -0.347. The minimum atomic E-state index is -0.609. The van der Waals surface area contributed by atoms with E-state index in [9.17, 15) is 4.79 Å². The number of nitrogens with zero attached hydrogens (tertiary/aromatic N) is 1. The Hall–Kier alpha value is -2.07. The lowest BCUT2D eigenvalue weighted by Crippen LogP contribution is -2.23. The van der Waals surface area contributed by atoms with Crippen molar-refractivity contribution < 1.29 is 9.53 Å². The van der Waals surface area contributed by atoms with Gasteiger partial charge in [-0.3, -0.25) is 4.98 Å². The fourth-order valence-electron chi connectivity index (χ4n) is 1.80. The molecule has 1 N–H and O–H groups in total. The number of halogens is 1. The monoisotopic (exact) mass is 290 g/mol. The molecule has 2 aromatic rings. The van der Waals surface area contributed by atoms with Crippen LogP contribution in [0.3, 0.4) is 0 Å². The molecule has 1 atom stereocenters. The van der Waals surface area contributed by atoms with Crippen molar-refractivity contribution in [3.63, 3.8) is 0 Å². The van der Waals surface area contributed by atoms with E-state index in [4.69, 9.17) is 16.3 Å². The lowest BCUT2D eigenvalue weighted by molar-refractivity contribution is -0.144. The maximum Gasteiger partial charge on any atom is 0.333 e. The third-order valence-corrected chi connectivity index (χ3v) is 2.91. The molecular formula is C15H15ClN2O2. The van der Waals surface area contributed by atoms with Crippen molar-refractivity contribution in [2.75, 3.05) is 11.9 Å². The van der Waals surface area contributed by atoms with Crippen molar-refractivity contribution in [2.24, 2.45) is 0 Å². The average Bonchev–Trinajstić information content (AvgIpc) is 2.46. The van der Waals surface area contributed by atoms with Gasteiger partial charge in [0.05, 0.1) is 6.61 Å². The number of esters is 1. The van der Waals surface area contributed by atoms with Crippen LogP contribution in [0.15, 0.2) is 48.8 Å². The Morgan fingerprint density at radius 3 is 2.90 bits per heavy atom. The second kappa shape index (κ2) is 6.91. The molecule has 0 aliphatic carbocycles. The van der Waals surface area contributed by atoms with Crippen LogP contribution in [0.2, 0.25) is 5.02 Å². The number of carbonyl (C=O) groups is 1. The fraction of sp³-hybridized carbons (Fsp3) is 0.200. The van der Waals surface area contributed by atoms with Crippen molar-refractivity contribution in [3.8, 4) is 0 Å². The summed E-state index contributed by atoms with van der Waals surface area (Å²) in [6, 6.07) is 10.2. The van der Waals surface area contributed by atoms with Gasteiger partial charge in [0.15, 0.2) is 6.04 Å². The number of hydrogen-bond donors (Lipinski definition) is 1. The Bertz CT molecular complexity index is 575. The number of rotatable bonds is 5. The highest BCUT2D eigenvalue weighted by Crippen LogP contribution is 2.22. The fourth-order valence-corrected chi connectivity index (χ4v) is 1.99. The maximum absolute atomic E-state index is 12.1. The number of nitrogens with one attached hydrogen (secondary N) is 1. The molecule has 104 valence electrons. The quantitative estimate of drug-likeness (QED) is 0.857. The molecule has 1 aromatic heterocycles. The lowest BCUT2D eigenvalue weighted by Gasteiger charge is -2.18. The summed E-state index contributed by atoms with van der Waals surface area (Å²) in [6.45, 7) is 2.10. The van der Waals surface area contributed by atoms with E-state index in [1.165, 1.54) is 0 Å².